The van der Waals surface area contributed by atoms with Gasteiger partial charge in [-0.1, -0.05) is 38.1 Å². The highest BCUT2D eigenvalue weighted by Crippen LogP contribution is 2.29. The first kappa shape index (κ1) is 16.2. The monoisotopic (exact) mass is 263 g/mol. The molecule has 1 unspecified atom stereocenters. The molecule has 1 aromatic carbocycles. The summed E-state index contributed by atoms with van der Waals surface area (Å²) in [6.07, 6.45) is 1.10. The first-order valence-electron chi connectivity index (χ1n) is 7.01. The molecule has 0 heterocycles. The molecule has 1 aromatic rings. The van der Waals surface area contributed by atoms with Gasteiger partial charge in [-0.25, -0.2) is 0 Å². The standard InChI is InChI=1S/C16H29N3/c1-12(2)10-13-8-7-9-14(11-13)15(18-17)16(3,4)19(5)6/h7-9,11-12,15,18H,10,17H2,1-6H3. The van der Waals surface area contributed by atoms with Gasteiger partial charge in [-0.3, -0.25) is 11.3 Å². The molecule has 3 heteroatoms. The normalized spacial score (nSPS) is 14.2. The summed E-state index contributed by atoms with van der Waals surface area (Å²) < 4.78 is 0. The van der Waals surface area contributed by atoms with Gasteiger partial charge in [0.1, 0.15) is 0 Å². The summed E-state index contributed by atoms with van der Waals surface area (Å²) in [5.41, 5.74) is 5.55. The van der Waals surface area contributed by atoms with Crippen LogP contribution in [0.5, 0.6) is 0 Å². The molecule has 0 saturated heterocycles. The molecule has 0 aliphatic heterocycles. The van der Waals surface area contributed by atoms with Crippen LogP contribution in [-0.2, 0) is 6.42 Å². The summed E-state index contributed by atoms with van der Waals surface area (Å²) in [6, 6.07) is 8.85. The van der Waals surface area contributed by atoms with Crippen molar-refractivity contribution in [1.82, 2.24) is 10.3 Å². The lowest BCUT2D eigenvalue weighted by molar-refractivity contribution is 0.138. The summed E-state index contributed by atoms with van der Waals surface area (Å²) in [4.78, 5) is 2.20. The Morgan fingerprint density at radius 1 is 1.26 bits per heavy atom. The Balaban J connectivity index is 3.05. The SMILES string of the molecule is CC(C)Cc1cccc(C(NN)C(C)(C)N(C)C)c1. The maximum atomic E-state index is 5.80. The van der Waals surface area contributed by atoms with Gasteiger partial charge in [0.15, 0.2) is 0 Å². The lowest BCUT2D eigenvalue weighted by Crippen LogP contribution is -2.51. The molecule has 0 fully saturated rings. The lowest BCUT2D eigenvalue weighted by atomic mass is 9.86. The van der Waals surface area contributed by atoms with Crippen LogP contribution in [0.15, 0.2) is 24.3 Å². The topological polar surface area (TPSA) is 41.3 Å². The number of benzene rings is 1. The molecule has 19 heavy (non-hydrogen) atoms. The van der Waals surface area contributed by atoms with E-state index >= 15 is 0 Å². The minimum absolute atomic E-state index is 0.0504. The summed E-state index contributed by atoms with van der Waals surface area (Å²) in [6.45, 7) is 8.89. The van der Waals surface area contributed by atoms with Crippen LogP contribution >= 0.6 is 0 Å². The fourth-order valence-corrected chi connectivity index (χ4v) is 2.34. The predicted molar refractivity (Wildman–Crippen MR) is 82.8 cm³/mol. The third-order valence-electron chi connectivity index (χ3n) is 3.95. The Morgan fingerprint density at radius 2 is 1.89 bits per heavy atom. The summed E-state index contributed by atoms with van der Waals surface area (Å²) in [7, 11) is 4.17. The summed E-state index contributed by atoms with van der Waals surface area (Å²) >= 11 is 0. The van der Waals surface area contributed by atoms with Crippen LogP contribution in [0.25, 0.3) is 0 Å². The zero-order chi connectivity index (χ0) is 14.6. The Kier molecular flexibility index (Phi) is 5.53. The van der Waals surface area contributed by atoms with E-state index in [1.54, 1.807) is 0 Å². The van der Waals surface area contributed by atoms with Gasteiger partial charge in [-0.15, -0.1) is 0 Å². The fraction of sp³-hybridized carbons (Fsp3) is 0.625. The van der Waals surface area contributed by atoms with Crippen LogP contribution in [0.4, 0.5) is 0 Å². The molecular weight excluding hydrogens is 234 g/mol. The van der Waals surface area contributed by atoms with Gasteiger partial charge in [-0.05, 0) is 51.4 Å². The first-order chi connectivity index (χ1) is 8.78. The van der Waals surface area contributed by atoms with Crippen molar-refractivity contribution in [2.75, 3.05) is 14.1 Å². The van der Waals surface area contributed by atoms with Gasteiger partial charge < -0.3 is 4.90 Å². The number of nitrogens with zero attached hydrogens (tertiary/aromatic N) is 1. The fourth-order valence-electron chi connectivity index (χ4n) is 2.34. The second kappa shape index (κ2) is 6.51. The molecule has 0 aliphatic rings. The van der Waals surface area contributed by atoms with E-state index in [0.29, 0.717) is 5.92 Å². The average molecular weight is 263 g/mol. The predicted octanol–water partition coefficient (Wildman–Crippen LogP) is 2.73. The smallest absolute Gasteiger partial charge is 0.0638 e. The second-order valence-corrected chi connectivity index (χ2v) is 6.49. The number of rotatable bonds is 6. The number of nitrogens with two attached hydrogens (primary N) is 1. The van der Waals surface area contributed by atoms with E-state index in [1.807, 2.05) is 0 Å². The minimum Gasteiger partial charge on any atom is -0.302 e. The molecule has 0 aromatic heterocycles. The molecule has 1 rings (SSSR count). The van der Waals surface area contributed by atoms with Crippen molar-refractivity contribution in [2.45, 2.75) is 45.7 Å². The molecule has 0 saturated carbocycles. The van der Waals surface area contributed by atoms with Crippen LogP contribution in [0.1, 0.15) is 44.9 Å². The molecular formula is C16H29N3. The zero-order valence-corrected chi connectivity index (χ0v) is 13.2. The van der Waals surface area contributed by atoms with Gasteiger partial charge in [0.05, 0.1) is 6.04 Å². The molecule has 1 atom stereocenters. The van der Waals surface area contributed by atoms with Gasteiger partial charge in [0.25, 0.3) is 0 Å². The number of likely N-dealkylation sites (N-methyl/N-ethyl adjacent to an activating group) is 1. The average Bonchev–Trinajstić information content (AvgIpc) is 2.28. The number of hydrogen-bond donors (Lipinski definition) is 2. The van der Waals surface area contributed by atoms with Gasteiger partial charge in [0.2, 0.25) is 0 Å². The molecule has 0 aliphatic carbocycles. The third-order valence-corrected chi connectivity index (χ3v) is 3.95. The summed E-state index contributed by atoms with van der Waals surface area (Å²) in [5.74, 6) is 6.47. The summed E-state index contributed by atoms with van der Waals surface area (Å²) in [5, 5.41) is 0. The largest absolute Gasteiger partial charge is 0.302 e. The Bertz CT molecular complexity index is 397. The van der Waals surface area contributed by atoms with E-state index in [2.05, 4.69) is 76.4 Å². The maximum absolute atomic E-state index is 5.80. The zero-order valence-electron chi connectivity index (χ0n) is 13.2. The van der Waals surface area contributed by atoms with E-state index in [4.69, 9.17) is 5.84 Å². The number of hydrogen-bond acceptors (Lipinski definition) is 3. The van der Waals surface area contributed by atoms with Crippen molar-refractivity contribution < 1.29 is 0 Å². The van der Waals surface area contributed by atoms with Crippen molar-refractivity contribution in [1.29, 1.82) is 0 Å². The van der Waals surface area contributed by atoms with Crippen molar-refractivity contribution in [2.24, 2.45) is 11.8 Å². The lowest BCUT2D eigenvalue weighted by Gasteiger charge is -2.40. The van der Waals surface area contributed by atoms with Crippen molar-refractivity contribution in [3.63, 3.8) is 0 Å². The highest BCUT2D eigenvalue weighted by atomic mass is 15.3. The Labute approximate surface area is 118 Å². The van der Waals surface area contributed by atoms with Crippen molar-refractivity contribution >= 4 is 0 Å². The van der Waals surface area contributed by atoms with E-state index in [-0.39, 0.29) is 11.6 Å². The molecule has 0 spiro atoms. The molecule has 0 radical (unpaired) electrons. The molecule has 0 amide bonds. The molecule has 3 nitrogen and oxygen atoms in total. The van der Waals surface area contributed by atoms with E-state index in [0.717, 1.165) is 6.42 Å². The van der Waals surface area contributed by atoms with Gasteiger partial charge >= 0.3 is 0 Å². The third kappa shape index (κ3) is 4.03. The number of hydrazine groups is 1. The Morgan fingerprint density at radius 3 is 2.37 bits per heavy atom. The minimum atomic E-state index is -0.0504. The molecule has 0 bridgehead atoms. The van der Waals surface area contributed by atoms with Gasteiger partial charge in [-0.2, -0.15) is 0 Å². The number of nitrogens with one attached hydrogen (secondary N) is 1. The molecule has 3 N–H and O–H groups in total. The quantitative estimate of drug-likeness (QED) is 0.612. The van der Waals surface area contributed by atoms with Crippen LogP contribution < -0.4 is 11.3 Å². The first-order valence-corrected chi connectivity index (χ1v) is 7.01. The van der Waals surface area contributed by atoms with Crippen molar-refractivity contribution in [3.05, 3.63) is 35.4 Å². The van der Waals surface area contributed by atoms with Gasteiger partial charge in [0, 0.05) is 5.54 Å². The highest BCUT2D eigenvalue weighted by molar-refractivity contribution is 5.28. The van der Waals surface area contributed by atoms with E-state index in [1.165, 1.54) is 11.1 Å². The van der Waals surface area contributed by atoms with E-state index in [9.17, 15) is 0 Å². The van der Waals surface area contributed by atoms with Crippen LogP contribution in [0.3, 0.4) is 0 Å². The maximum Gasteiger partial charge on any atom is 0.0638 e. The van der Waals surface area contributed by atoms with Crippen LogP contribution in [0, 0.1) is 5.92 Å². The Hall–Kier alpha value is -0.900. The molecule has 108 valence electrons. The van der Waals surface area contributed by atoms with Crippen LogP contribution in [0.2, 0.25) is 0 Å². The van der Waals surface area contributed by atoms with Crippen molar-refractivity contribution in [3.8, 4) is 0 Å². The second-order valence-electron chi connectivity index (χ2n) is 6.49. The van der Waals surface area contributed by atoms with Crippen LogP contribution in [-0.4, -0.2) is 24.5 Å². The highest BCUT2D eigenvalue weighted by Gasteiger charge is 2.32. The van der Waals surface area contributed by atoms with E-state index < -0.39 is 0 Å².